The van der Waals surface area contributed by atoms with Gasteiger partial charge in [-0.15, -0.1) is 0 Å². The normalized spacial score (nSPS) is 31.9. The van der Waals surface area contributed by atoms with E-state index in [0.29, 0.717) is 0 Å². The van der Waals surface area contributed by atoms with Crippen molar-refractivity contribution < 1.29 is 4.74 Å². The third kappa shape index (κ3) is 2.96. The van der Waals surface area contributed by atoms with E-state index in [9.17, 15) is 0 Å². The van der Waals surface area contributed by atoms with Crippen LogP contribution in [0.15, 0.2) is 0 Å². The summed E-state index contributed by atoms with van der Waals surface area (Å²) in [6.07, 6.45) is 5.41. The van der Waals surface area contributed by atoms with Crippen molar-refractivity contribution in [3.8, 4) is 0 Å². The Bertz CT molecular complexity index is 166. The molecular formula is C12H23NO. The van der Waals surface area contributed by atoms with Gasteiger partial charge in [-0.25, -0.2) is 0 Å². The Morgan fingerprint density at radius 1 is 1.21 bits per heavy atom. The van der Waals surface area contributed by atoms with Gasteiger partial charge in [0.2, 0.25) is 0 Å². The highest BCUT2D eigenvalue weighted by Crippen LogP contribution is 2.20. The second-order valence-corrected chi connectivity index (χ2v) is 5.06. The van der Waals surface area contributed by atoms with Crippen molar-refractivity contribution in [3.05, 3.63) is 0 Å². The number of ether oxygens (including phenoxy) is 1. The maximum atomic E-state index is 5.39. The van der Waals surface area contributed by atoms with Crippen molar-refractivity contribution in [1.82, 2.24) is 4.90 Å². The summed E-state index contributed by atoms with van der Waals surface area (Å²) in [5.41, 5.74) is 0. The molecule has 2 rings (SSSR count). The van der Waals surface area contributed by atoms with Gasteiger partial charge in [0.1, 0.15) is 0 Å². The Labute approximate surface area is 87.6 Å². The van der Waals surface area contributed by atoms with E-state index in [2.05, 4.69) is 11.8 Å². The molecule has 1 unspecified atom stereocenters. The van der Waals surface area contributed by atoms with Gasteiger partial charge in [-0.3, -0.25) is 0 Å². The number of hydrogen-bond donors (Lipinski definition) is 0. The molecule has 0 saturated carbocycles. The summed E-state index contributed by atoms with van der Waals surface area (Å²) >= 11 is 0. The van der Waals surface area contributed by atoms with Crippen LogP contribution in [-0.2, 0) is 4.74 Å². The highest BCUT2D eigenvalue weighted by atomic mass is 16.5. The number of rotatable bonds is 2. The van der Waals surface area contributed by atoms with E-state index >= 15 is 0 Å². The van der Waals surface area contributed by atoms with Crippen LogP contribution < -0.4 is 0 Å². The molecule has 1 atom stereocenters. The molecule has 14 heavy (non-hydrogen) atoms. The van der Waals surface area contributed by atoms with Crippen LogP contribution in [0, 0.1) is 11.8 Å². The average molecular weight is 197 g/mol. The lowest BCUT2D eigenvalue weighted by Gasteiger charge is -2.34. The van der Waals surface area contributed by atoms with E-state index in [1.165, 1.54) is 45.3 Å². The van der Waals surface area contributed by atoms with Crippen LogP contribution in [0.25, 0.3) is 0 Å². The van der Waals surface area contributed by atoms with Crippen LogP contribution in [0.3, 0.4) is 0 Å². The summed E-state index contributed by atoms with van der Waals surface area (Å²) in [6, 6.07) is 0. The summed E-state index contributed by atoms with van der Waals surface area (Å²) < 4.78 is 5.39. The Hall–Kier alpha value is -0.0800. The molecule has 2 heterocycles. The highest BCUT2D eigenvalue weighted by molar-refractivity contribution is 4.74. The molecule has 0 aliphatic carbocycles. The molecule has 2 aliphatic heterocycles. The minimum atomic E-state index is 0.911. The molecule has 2 heteroatoms. The van der Waals surface area contributed by atoms with Crippen LogP contribution >= 0.6 is 0 Å². The van der Waals surface area contributed by atoms with Gasteiger partial charge in [-0.05, 0) is 44.1 Å². The van der Waals surface area contributed by atoms with Gasteiger partial charge < -0.3 is 9.64 Å². The van der Waals surface area contributed by atoms with Crippen LogP contribution in [0.4, 0.5) is 0 Å². The minimum Gasteiger partial charge on any atom is -0.381 e. The van der Waals surface area contributed by atoms with Gasteiger partial charge in [-0.2, -0.15) is 0 Å². The van der Waals surface area contributed by atoms with Gasteiger partial charge >= 0.3 is 0 Å². The van der Waals surface area contributed by atoms with E-state index in [4.69, 9.17) is 4.74 Å². The number of likely N-dealkylation sites (tertiary alicyclic amines) is 1. The zero-order valence-corrected chi connectivity index (χ0v) is 9.37. The topological polar surface area (TPSA) is 12.5 Å². The first-order valence-corrected chi connectivity index (χ1v) is 6.14. The number of hydrogen-bond acceptors (Lipinski definition) is 2. The molecule has 0 bridgehead atoms. The SMILES string of the molecule is CC1CCCN(CC2CCOCC2)C1. The van der Waals surface area contributed by atoms with Gasteiger partial charge in [0.25, 0.3) is 0 Å². The first-order chi connectivity index (χ1) is 6.84. The molecule has 82 valence electrons. The summed E-state index contributed by atoms with van der Waals surface area (Å²) in [5, 5.41) is 0. The molecule has 2 fully saturated rings. The molecule has 0 aromatic rings. The Kier molecular flexibility index (Phi) is 3.82. The maximum absolute atomic E-state index is 5.39. The molecule has 2 saturated heterocycles. The fourth-order valence-electron chi connectivity index (χ4n) is 2.75. The molecule has 0 N–H and O–H groups in total. The van der Waals surface area contributed by atoms with E-state index in [1.54, 1.807) is 0 Å². The zero-order chi connectivity index (χ0) is 9.80. The lowest BCUT2D eigenvalue weighted by Crippen LogP contribution is -2.39. The summed E-state index contributed by atoms with van der Waals surface area (Å²) in [7, 11) is 0. The van der Waals surface area contributed by atoms with Gasteiger partial charge in [-0.1, -0.05) is 6.92 Å². The van der Waals surface area contributed by atoms with E-state index < -0.39 is 0 Å². The maximum Gasteiger partial charge on any atom is 0.0469 e. The van der Waals surface area contributed by atoms with E-state index in [0.717, 1.165) is 25.0 Å². The lowest BCUT2D eigenvalue weighted by atomic mass is 9.95. The van der Waals surface area contributed by atoms with Crippen molar-refractivity contribution in [2.75, 3.05) is 32.8 Å². The van der Waals surface area contributed by atoms with Crippen molar-refractivity contribution in [3.63, 3.8) is 0 Å². The van der Waals surface area contributed by atoms with Crippen LogP contribution in [0.1, 0.15) is 32.6 Å². The summed E-state index contributed by atoms with van der Waals surface area (Å²) in [6.45, 7) is 8.37. The molecule has 0 spiro atoms. The first-order valence-electron chi connectivity index (χ1n) is 6.14. The largest absolute Gasteiger partial charge is 0.381 e. The third-order valence-corrected chi connectivity index (χ3v) is 3.60. The summed E-state index contributed by atoms with van der Waals surface area (Å²) in [5.74, 6) is 1.83. The Morgan fingerprint density at radius 2 is 2.00 bits per heavy atom. The van der Waals surface area contributed by atoms with Crippen LogP contribution in [-0.4, -0.2) is 37.7 Å². The zero-order valence-electron chi connectivity index (χ0n) is 9.37. The highest BCUT2D eigenvalue weighted by Gasteiger charge is 2.21. The van der Waals surface area contributed by atoms with Gasteiger partial charge in [0.15, 0.2) is 0 Å². The fraction of sp³-hybridized carbons (Fsp3) is 1.00. The molecule has 0 radical (unpaired) electrons. The van der Waals surface area contributed by atoms with Crippen molar-refractivity contribution in [2.24, 2.45) is 11.8 Å². The molecule has 2 aliphatic rings. The van der Waals surface area contributed by atoms with Gasteiger partial charge in [0.05, 0.1) is 0 Å². The van der Waals surface area contributed by atoms with Gasteiger partial charge in [0, 0.05) is 26.3 Å². The van der Waals surface area contributed by atoms with Crippen molar-refractivity contribution >= 4 is 0 Å². The van der Waals surface area contributed by atoms with Crippen LogP contribution in [0.2, 0.25) is 0 Å². The van der Waals surface area contributed by atoms with Crippen molar-refractivity contribution in [1.29, 1.82) is 0 Å². The van der Waals surface area contributed by atoms with E-state index in [-0.39, 0.29) is 0 Å². The van der Waals surface area contributed by atoms with Crippen LogP contribution in [0.5, 0.6) is 0 Å². The third-order valence-electron chi connectivity index (χ3n) is 3.60. The molecule has 0 aromatic carbocycles. The predicted molar refractivity (Wildman–Crippen MR) is 58.4 cm³/mol. The standard InChI is InChI=1S/C12H23NO/c1-11-3-2-6-13(9-11)10-12-4-7-14-8-5-12/h11-12H,2-10H2,1H3. The quantitative estimate of drug-likeness (QED) is 0.672. The predicted octanol–water partition coefficient (Wildman–Crippen LogP) is 2.14. The lowest BCUT2D eigenvalue weighted by molar-refractivity contribution is 0.0461. The summed E-state index contributed by atoms with van der Waals surface area (Å²) in [4.78, 5) is 2.67. The first kappa shape index (κ1) is 10.4. The monoisotopic (exact) mass is 197 g/mol. The smallest absolute Gasteiger partial charge is 0.0469 e. The minimum absolute atomic E-state index is 0.911. The Morgan fingerprint density at radius 3 is 2.71 bits per heavy atom. The number of nitrogens with zero attached hydrogens (tertiary/aromatic N) is 1. The molecule has 0 aromatic heterocycles. The van der Waals surface area contributed by atoms with E-state index in [1.807, 2.05) is 0 Å². The average Bonchev–Trinajstić information content (AvgIpc) is 2.19. The Balaban J connectivity index is 1.72. The second-order valence-electron chi connectivity index (χ2n) is 5.06. The van der Waals surface area contributed by atoms with Crippen molar-refractivity contribution in [2.45, 2.75) is 32.6 Å². The molecule has 0 amide bonds. The fourth-order valence-corrected chi connectivity index (χ4v) is 2.75. The number of piperidine rings is 1. The molecular weight excluding hydrogens is 174 g/mol. The molecule has 2 nitrogen and oxygen atoms in total. The second kappa shape index (κ2) is 5.13.